The van der Waals surface area contributed by atoms with Crippen LogP contribution in [0.1, 0.15) is 40.7 Å². The van der Waals surface area contributed by atoms with Gasteiger partial charge in [0, 0.05) is 17.8 Å². The van der Waals surface area contributed by atoms with E-state index in [1.165, 1.54) is 0 Å². The first-order valence-electron chi connectivity index (χ1n) is 8.81. The summed E-state index contributed by atoms with van der Waals surface area (Å²) >= 11 is 0. The summed E-state index contributed by atoms with van der Waals surface area (Å²) in [6, 6.07) is 9.05. The summed E-state index contributed by atoms with van der Waals surface area (Å²) < 4.78 is 10.6. The van der Waals surface area contributed by atoms with Gasteiger partial charge in [-0.2, -0.15) is 0 Å². The third-order valence-electron chi connectivity index (χ3n) is 5.31. The second-order valence-corrected chi connectivity index (χ2v) is 6.91. The monoisotopic (exact) mass is 350 g/mol. The maximum Gasteiger partial charge on any atom is 0.255 e. The Kier molecular flexibility index (Phi) is 3.22. The van der Waals surface area contributed by atoms with Crippen LogP contribution in [0.2, 0.25) is 0 Å². The second kappa shape index (κ2) is 5.49. The molecule has 1 N–H and O–H groups in total. The zero-order valence-corrected chi connectivity index (χ0v) is 14.4. The molecular weight excluding hydrogens is 332 g/mol. The maximum absolute atomic E-state index is 12.7. The second-order valence-electron chi connectivity index (χ2n) is 6.91. The molecule has 3 heterocycles. The first-order chi connectivity index (χ1) is 12.6. The van der Waals surface area contributed by atoms with Crippen LogP contribution in [0, 0.1) is 0 Å². The molecule has 132 valence electrons. The first kappa shape index (κ1) is 15.3. The van der Waals surface area contributed by atoms with Crippen LogP contribution in [0.3, 0.4) is 0 Å². The van der Waals surface area contributed by atoms with E-state index in [0.29, 0.717) is 17.1 Å². The predicted molar refractivity (Wildman–Crippen MR) is 96.0 cm³/mol. The van der Waals surface area contributed by atoms with Crippen molar-refractivity contribution < 1.29 is 19.1 Å². The lowest BCUT2D eigenvalue weighted by atomic mass is 9.96. The first-order valence-corrected chi connectivity index (χ1v) is 8.81. The fourth-order valence-corrected chi connectivity index (χ4v) is 4.01. The Labute approximate surface area is 150 Å². The average molecular weight is 350 g/mol. The maximum atomic E-state index is 12.7. The van der Waals surface area contributed by atoms with Crippen molar-refractivity contribution in [3.05, 3.63) is 47.0 Å². The number of carbonyl (C=O) groups excluding carboxylic acids is 2. The van der Waals surface area contributed by atoms with Gasteiger partial charge in [0.25, 0.3) is 5.91 Å². The molecule has 0 saturated carbocycles. The number of benzene rings is 2. The molecule has 0 radical (unpaired) electrons. The van der Waals surface area contributed by atoms with Crippen molar-refractivity contribution in [1.82, 2.24) is 0 Å². The van der Waals surface area contributed by atoms with Gasteiger partial charge in [-0.15, -0.1) is 0 Å². The SMILES string of the molecule is C[C@H]1C(=O)N2CCCc3cc(NC(=O)c4ccc5c(c4)OCO5)cc1c32. The van der Waals surface area contributed by atoms with Gasteiger partial charge >= 0.3 is 0 Å². The van der Waals surface area contributed by atoms with E-state index in [1.54, 1.807) is 18.2 Å². The van der Waals surface area contributed by atoms with Crippen LogP contribution in [0.25, 0.3) is 0 Å². The highest BCUT2D eigenvalue weighted by Gasteiger charge is 2.38. The molecule has 2 aromatic carbocycles. The van der Waals surface area contributed by atoms with Crippen molar-refractivity contribution in [2.75, 3.05) is 23.6 Å². The van der Waals surface area contributed by atoms with E-state index in [-0.39, 0.29) is 24.5 Å². The summed E-state index contributed by atoms with van der Waals surface area (Å²) in [5.74, 6) is 1.01. The fourth-order valence-electron chi connectivity index (χ4n) is 4.01. The normalized spacial score (nSPS) is 19.5. The number of amides is 2. The van der Waals surface area contributed by atoms with Crippen LogP contribution in [-0.4, -0.2) is 25.2 Å². The van der Waals surface area contributed by atoms with Crippen molar-refractivity contribution in [2.45, 2.75) is 25.7 Å². The summed E-state index contributed by atoms with van der Waals surface area (Å²) in [5, 5.41) is 2.96. The van der Waals surface area contributed by atoms with Gasteiger partial charge < -0.3 is 19.7 Å². The molecular formula is C20H18N2O4. The number of nitrogens with one attached hydrogen (secondary N) is 1. The van der Waals surface area contributed by atoms with E-state index in [2.05, 4.69) is 5.32 Å². The largest absolute Gasteiger partial charge is 0.454 e. The van der Waals surface area contributed by atoms with Crippen LogP contribution in [0.15, 0.2) is 30.3 Å². The molecule has 2 amide bonds. The molecule has 0 aromatic heterocycles. The summed E-state index contributed by atoms with van der Waals surface area (Å²) in [4.78, 5) is 27.0. The molecule has 0 spiro atoms. The van der Waals surface area contributed by atoms with Crippen LogP contribution in [0.5, 0.6) is 11.5 Å². The number of carbonyl (C=O) groups is 2. The van der Waals surface area contributed by atoms with Crippen molar-refractivity contribution >= 4 is 23.2 Å². The standard InChI is InChI=1S/C20H18N2O4/c1-11-15-9-14(7-12-3-2-6-22(18(12)15)20(11)24)21-19(23)13-4-5-16-17(8-13)26-10-25-16/h4-5,7-9,11H,2-3,6,10H2,1H3,(H,21,23)/t11-/m1/s1. The molecule has 0 aliphatic carbocycles. The van der Waals surface area contributed by atoms with Crippen molar-refractivity contribution in [1.29, 1.82) is 0 Å². The number of ether oxygens (including phenoxy) is 2. The van der Waals surface area contributed by atoms with Gasteiger partial charge in [0.1, 0.15) is 0 Å². The third-order valence-corrected chi connectivity index (χ3v) is 5.31. The molecule has 0 fully saturated rings. The summed E-state index contributed by atoms with van der Waals surface area (Å²) in [5.41, 5.74) is 4.43. The molecule has 2 aromatic rings. The van der Waals surface area contributed by atoms with Gasteiger partial charge in [-0.25, -0.2) is 0 Å². The Hall–Kier alpha value is -3.02. The number of anilines is 2. The lowest BCUT2D eigenvalue weighted by molar-refractivity contribution is -0.119. The Morgan fingerprint density at radius 3 is 2.92 bits per heavy atom. The molecule has 0 unspecified atom stereocenters. The zero-order chi connectivity index (χ0) is 17.8. The van der Waals surface area contributed by atoms with E-state index in [1.807, 2.05) is 24.0 Å². The Morgan fingerprint density at radius 1 is 1.19 bits per heavy atom. The van der Waals surface area contributed by atoms with Crippen molar-refractivity contribution in [2.24, 2.45) is 0 Å². The summed E-state index contributed by atoms with van der Waals surface area (Å²) in [6.45, 7) is 2.89. The molecule has 1 atom stereocenters. The minimum absolute atomic E-state index is 0.153. The van der Waals surface area contributed by atoms with Crippen molar-refractivity contribution in [3.63, 3.8) is 0 Å². The number of hydrogen-bond donors (Lipinski definition) is 1. The molecule has 6 nitrogen and oxygen atoms in total. The Balaban J connectivity index is 1.47. The highest BCUT2D eigenvalue weighted by Crippen LogP contribution is 2.44. The van der Waals surface area contributed by atoms with Gasteiger partial charge in [-0.3, -0.25) is 9.59 Å². The molecule has 0 bridgehead atoms. The van der Waals surface area contributed by atoms with E-state index in [9.17, 15) is 9.59 Å². The van der Waals surface area contributed by atoms with Crippen LogP contribution < -0.4 is 19.7 Å². The average Bonchev–Trinajstić information content (AvgIpc) is 3.21. The molecule has 26 heavy (non-hydrogen) atoms. The molecule has 5 rings (SSSR count). The van der Waals surface area contributed by atoms with Gasteiger partial charge in [-0.05, 0) is 61.2 Å². The van der Waals surface area contributed by atoms with Gasteiger partial charge in [0.2, 0.25) is 12.7 Å². The van der Waals surface area contributed by atoms with Crippen LogP contribution in [0.4, 0.5) is 11.4 Å². The minimum atomic E-state index is -0.208. The smallest absolute Gasteiger partial charge is 0.255 e. The van der Waals surface area contributed by atoms with Crippen LogP contribution >= 0.6 is 0 Å². The lowest BCUT2D eigenvalue weighted by Gasteiger charge is -2.26. The van der Waals surface area contributed by atoms with Crippen LogP contribution in [-0.2, 0) is 11.2 Å². The third kappa shape index (κ3) is 2.18. The highest BCUT2D eigenvalue weighted by molar-refractivity contribution is 6.08. The lowest BCUT2D eigenvalue weighted by Crippen LogP contribution is -2.32. The number of hydrogen-bond acceptors (Lipinski definition) is 4. The van der Waals surface area contributed by atoms with E-state index in [0.717, 1.165) is 41.9 Å². The van der Waals surface area contributed by atoms with Crippen molar-refractivity contribution in [3.8, 4) is 11.5 Å². The minimum Gasteiger partial charge on any atom is -0.454 e. The fraction of sp³-hybridized carbons (Fsp3) is 0.300. The molecule has 3 aliphatic heterocycles. The number of rotatable bonds is 2. The quantitative estimate of drug-likeness (QED) is 0.904. The Morgan fingerprint density at radius 2 is 2.04 bits per heavy atom. The number of fused-ring (bicyclic) bond motifs is 1. The number of nitrogens with zero attached hydrogens (tertiary/aromatic N) is 1. The number of aryl methyl sites for hydroxylation is 1. The summed E-state index contributed by atoms with van der Waals surface area (Å²) in [7, 11) is 0. The Bertz CT molecular complexity index is 953. The van der Waals surface area contributed by atoms with Gasteiger partial charge in [0.05, 0.1) is 11.6 Å². The van der Waals surface area contributed by atoms with E-state index < -0.39 is 0 Å². The highest BCUT2D eigenvalue weighted by atomic mass is 16.7. The molecule has 0 saturated heterocycles. The van der Waals surface area contributed by atoms with Gasteiger partial charge in [0.15, 0.2) is 11.5 Å². The zero-order valence-electron chi connectivity index (χ0n) is 14.4. The van der Waals surface area contributed by atoms with E-state index >= 15 is 0 Å². The molecule has 3 aliphatic rings. The molecule has 6 heteroatoms. The van der Waals surface area contributed by atoms with E-state index in [4.69, 9.17) is 9.47 Å². The predicted octanol–water partition coefficient (Wildman–Crippen LogP) is 3.06. The van der Waals surface area contributed by atoms with Gasteiger partial charge in [-0.1, -0.05) is 0 Å². The topological polar surface area (TPSA) is 67.9 Å². The summed E-state index contributed by atoms with van der Waals surface area (Å²) in [6.07, 6.45) is 1.87.